The van der Waals surface area contributed by atoms with Crippen molar-refractivity contribution in [1.29, 1.82) is 0 Å². The molecule has 0 aliphatic heterocycles. The van der Waals surface area contributed by atoms with Gasteiger partial charge in [-0.1, -0.05) is 72.3 Å². The minimum atomic E-state index is -0.136. The summed E-state index contributed by atoms with van der Waals surface area (Å²) in [6.45, 7) is 2.12. The smallest absolute Gasteiger partial charge is 0.255 e. The molecule has 4 heteroatoms. The second kappa shape index (κ2) is 11.3. The number of benzene rings is 5. The van der Waals surface area contributed by atoms with Crippen LogP contribution in [0.2, 0.25) is 0 Å². The molecule has 0 aromatic heterocycles. The number of para-hydroxylation sites is 2. The third-order valence-electron chi connectivity index (χ3n) is 6.11. The lowest BCUT2D eigenvalue weighted by Crippen LogP contribution is -2.11. The monoisotopic (exact) mass is 483 g/mol. The molecule has 0 aliphatic rings. The van der Waals surface area contributed by atoms with Crippen LogP contribution in [0.1, 0.15) is 27.0 Å². The zero-order chi connectivity index (χ0) is 25.5. The van der Waals surface area contributed by atoms with Crippen LogP contribution in [0.4, 0.5) is 28.4 Å². The summed E-state index contributed by atoms with van der Waals surface area (Å²) in [6, 6.07) is 42.2. The first-order valence-corrected chi connectivity index (χ1v) is 12.4. The predicted molar refractivity (Wildman–Crippen MR) is 154 cm³/mol. The fourth-order valence-electron chi connectivity index (χ4n) is 4.22. The molecule has 0 fully saturated rings. The van der Waals surface area contributed by atoms with Crippen molar-refractivity contribution < 1.29 is 4.79 Å². The lowest BCUT2D eigenvalue weighted by molar-refractivity contribution is 0.102. The van der Waals surface area contributed by atoms with E-state index in [2.05, 4.69) is 77.5 Å². The number of carbonyl (C=O) groups excluding carboxylic acids is 1. The van der Waals surface area contributed by atoms with E-state index >= 15 is 0 Å². The van der Waals surface area contributed by atoms with Gasteiger partial charge in [0.1, 0.15) is 0 Å². The number of rotatable bonds is 8. The second-order valence-electron chi connectivity index (χ2n) is 9.05. The van der Waals surface area contributed by atoms with Gasteiger partial charge in [0.25, 0.3) is 5.91 Å². The SMILES string of the molecule is Cc1ccc(Nc2ccccc2)c(Cc2ccc(Nc3cccc(C(=O)Nc4ccccc4)c3)cc2)c1. The third-order valence-corrected chi connectivity index (χ3v) is 6.11. The van der Waals surface area contributed by atoms with Crippen molar-refractivity contribution in [2.75, 3.05) is 16.0 Å². The quantitative estimate of drug-likeness (QED) is 0.208. The Balaban J connectivity index is 1.26. The molecule has 4 nitrogen and oxygen atoms in total. The van der Waals surface area contributed by atoms with Crippen LogP contribution in [0.15, 0.2) is 127 Å². The summed E-state index contributed by atoms with van der Waals surface area (Å²) in [6.07, 6.45) is 0.826. The van der Waals surface area contributed by atoms with Crippen molar-refractivity contribution >= 4 is 34.3 Å². The minimum absolute atomic E-state index is 0.136. The van der Waals surface area contributed by atoms with E-state index in [1.54, 1.807) is 0 Å². The first kappa shape index (κ1) is 23.9. The molecule has 0 radical (unpaired) electrons. The Morgan fingerprint density at radius 3 is 1.97 bits per heavy atom. The largest absolute Gasteiger partial charge is 0.356 e. The highest BCUT2D eigenvalue weighted by molar-refractivity contribution is 6.04. The average molecular weight is 484 g/mol. The first-order chi connectivity index (χ1) is 18.1. The summed E-state index contributed by atoms with van der Waals surface area (Å²) < 4.78 is 0. The van der Waals surface area contributed by atoms with Crippen LogP contribution in [0.5, 0.6) is 0 Å². The van der Waals surface area contributed by atoms with Crippen molar-refractivity contribution in [2.45, 2.75) is 13.3 Å². The molecule has 5 rings (SSSR count). The molecular weight excluding hydrogens is 454 g/mol. The molecule has 0 atom stereocenters. The molecule has 0 unspecified atom stereocenters. The Bertz CT molecular complexity index is 1480. The molecule has 0 aliphatic carbocycles. The number of hydrogen-bond donors (Lipinski definition) is 3. The zero-order valence-corrected chi connectivity index (χ0v) is 20.7. The summed E-state index contributed by atoms with van der Waals surface area (Å²) in [5, 5.41) is 9.90. The van der Waals surface area contributed by atoms with Gasteiger partial charge in [-0.05, 0) is 85.1 Å². The molecule has 182 valence electrons. The molecule has 5 aromatic carbocycles. The zero-order valence-electron chi connectivity index (χ0n) is 20.7. The second-order valence-corrected chi connectivity index (χ2v) is 9.05. The number of carbonyl (C=O) groups is 1. The normalized spacial score (nSPS) is 10.5. The lowest BCUT2D eigenvalue weighted by Gasteiger charge is -2.14. The Labute approximate surface area is 218 Å². The Morgan fingerprint density at radius 2 is 1.24 bits per heavy atom. The Kier molecular flexibility index (Phi) is 7.28. The topological polar surface area (TPSA) is 53.2 Å². The predicted octanol–water partition coefficient (Wildman–Crippen LogP) is 8.33. The van der Waals surface area contributed by atoms with Gasteiger partial charge in [0.05, 0.1) is 0 Å². The highest BCUT2D eigenvalue weighted by atomic mass is 16.1. The van der Waals surface area contributed by atoms with Gasteiger partial charge in [0.15, 0.2) is 0 Å². The van der Waals surface area contributed by atoms with Gasteiger partial charge >= 0.3 is 0 Å². The molecule has 0 saturated carbocycles. The standard InChI is InChI=1S/C33H29N3O/c1-24-15-20-32(35-28-10-4-2-5-11-28)27(21-24)22-25-16-18-30(19-17-25)34-31-14-8-9-26(23-31)33(37)36-29-12-6-3-7-13-29/h2-21,23,34-35H,22H2,1H3,(H,36,37). The van der Waals surface area contributed by atoms with Crippen molar-refractivity contribution in [3.8, 4) is 0 Å². The van der Waals surface area contributed by atoms with Gasteiger partial charge in [0.2, 0.25) is 0 Å². The molecule has 0 heterocycles. The Hall–Kier alpha value is -4.83. The average Bonchev–Trinajstić information content (AvgIpc) is 2.93. The van der Waals surface area contributed by atoms with Crippen LogP contribution in [-0.4, -0.2) is 5.91 Å². The molecule has 0 saturated heterocycles. The molecule has 0 bridgehead atoms. The van der Waals surface area contributed by atoms with Crippen LogP contribution in [0.3, 0.4) is 0 Å². The summed E-state index contributed by atoms with van der Waals surface area (Å²) in [7, 11) is 0. The number of aryl methyl sites for hydroxylation is 1. The van der Waals surface area contributed by atoms with Crippen molar-refractivity contribution in [1.82, 2.24) is 0 Å². The van der Waals surface area contributed by atoms with E-state index in [0.717, 1.165) is 34.9 Å². The fraction of sp³-hybridized carbons (Fsp3) is 0.0606. The number of anilines is 5. The minimum Gasteiger partial charge on any atom is -0.356 e. The molecule has 5 aromatic rings. The van der Waals surface area contributed by atoms with E-state index in [-0.39, 0.29) is 5.91 Å². The van der Waals surface area contributed by atoms with E-state index in [9.17, 15) is 4.79 Å². The molecule has 0 spiro atoms. The first-order valence-electron chi connectivity index (χ1n) is 12.4. The molecule has 37 heavy (non-hydrogen) atoms. The van der Waals surface area contributed by atoms with Gasteiger partial charge < -0.3 is 16.0 Å². The third kappa shape index (κ3) is 6.44. The highest BCUT2D eigenvalue weighted by Gasteiger charge is 2.08. The van der Waals surface area contributed by atoms with E-state index in [4.69, 9.17) is 0 Å². The number of nitrogens with one attached hydrogen (secondary N) is 3. The molecule has 1 amide bonds. The summed E-state index contributed by atoms with van der Waals surface area (Å²) in [5.74, 6) is -0.136. The van der Waals surface area contributed by atoms with Crippen LogP contribution >= 0.6 is 0 Å². The van der Waals surface area contributed by atoms with E-state index in [1.165, 1.54) is 16.7 Å². The highest BCUT2D eigenvalue weighted by Crippen LogP contribution is 2.26. The summed E-state index contributed by atoms with van der Waals surface area (Å²) >= 11 is 0. The maximum absolute atomic E-state index is 12.7. The van der Waals surface area contributed by atoms with Crippen molar-refractivity contribution in [3.63, 3.8) is 0 Å². The molecular formula is C33H29N3O. The van der Waals surface area contributed by atoms with E-state index < -0.39 is 0 Å². The van der Waals surface area contributed by atoms with Crippen LogP contribution in [-0.2, 0) is 6.42 Å². The lowest BCUT2D eigenvalue weighted by atomic mass is 10.0. The maximum atomic E-state index is 12.7. The summed E-state index contributed by atoms with van der Waals surface area (Å²) in [4.78, 5) is 12.7. The number of amides is 1. The van der Waals surface area contributed by atoms with Gasteiger partial charge in [-0.3, -0.25) is 4.79 Å². The van der Waals surface area contributed by atoms with Gasteiger partial charge in [-0.25, -0.2) is 0 Å². The van der Waals surface area contributed by atoms with Crippen LogP contribution in [0.25, 0.3) is 0 Å². The van der Waals surface area contributed by atoms with E-state index in [1.807, 2.05) is 72.8 Å². The fourth-order valence-corrected chi connectivity index (χ4v) is 4.22. The molecule has 3 N–H and O–H groups in total. The van der Waals surface area contributed by atoms with Crippen molar-refractivity contribution in [3.05, 3.63) is 150 Å². The Morgan fingerprint density at radius 1 is 0.595 bits per heavy atom. The van der Waals surface area contributed by atoms with Crippen molar-refractivity contribution in [2.24, 2.45) is 0 Å². The van der Waals surface area contributed by atoms with Gasteiger partial charge in [-0.15, -0.1) is 0 Å². The summed E-state index contributed by atoms with van der Waals surface area (Å²) in [5.41, 5.74) is 9.11. The van der Waals surface area contributed by atoms with E-state index in [0.29, 0.717) is 5.56 Å². The number of hydrogen-bond acceptors (Lipinski definition) is 3. The van der Waals surface area contributed by atoms with Crippen LogP contribution < -0.4 is 16.0 Å². The van der Waals surface area contributed by atoms with Gasteiger partial charge in [0, 0.05) is 34.0 Å². The maximum Gasteiger partial charge on any atom is 0.255 e. The van der Waals surface area contributed by atoms with Crippen LogP contribution in [0, 0.1) is 6.92 Å². The van der Waals surface area contributed by atoms with Gasteiger partial charge in [-0.2, -0.15) is 0 Å².